The van der Waals surface area contributed by atoms with Crippen molar-refractivity contribution in [2.45, 2.75) is 19.3 Å². The third kappa shape index (κ3) is 5.04. The van der Waals surface area contributed by atoms with Gasteiger partial charge in [0.25, 0.3) is 0 Å². The molecule has 1 aromatic carbocycles. The molecule has 0 saturated heterocycles. The third-order valence-corrected chi connectivity index (χ3v) is 3.21. The van der Waals surface area contributed by atoms with Gasteiger partial charge in [0.05, 0.1) is 11.5 Å². The summed E-state index contributed by atoms with van der Waals surface area (Å²) >= 11 is 6.55. The van der Waals surface area contributed by atoms with E-state index in [1.165, 1.54) is 6.07 Å². The Kier molecular flexibility index (Phi) is 6.50. The Labute approximate surface area is 117 Å². The number of rotatable bonds is 7. The Morgan fingerprint density at radius 3 is 2.71 bits per heavy atom. The molecule has 0 fully saturated rings. The highest BCUT2D eigenvalue weighted by molar-refractivity contribution is 9.10. The minimum Gasteiger partial charge on any atom is -0.487 e. The van der Waals surface area contributed by atoms with Crippen LogP contribution >= 0.6 is 31.9 Å². The van der Waals surface area contributed by atoms with Crippen LogP contribution in [0.15, 0.2) is 22.7 Å². The van der Waals surface area contributed by atoms with Crippen molar-refractivity contribution in [3.05, 3.63) is 32.8 Å². The number of nitrogens with zero attached hydrogens (tertiary/aromatic N) is 1. The van der Waals surface area contributed by atoms with Gasteiger partial charge in [0.1, 0.15) is 0 Å². The summed E-state index contributed by atoms with van der Waals surface area (Å²) in [7, 11) is 0. The number of alkyl halides is 1. The molecule has 0 unspecified atom stereocenters. The minimum absolute atomic E-state index is 0.000124. The van der Waals surface area contributed by atoms with Crippen LogP contribution in [0.1, 0.15) is 19.3 Å². The zero-order chi connectivity index (χ0) is 12.7. The van der Waals surface area contributed by atoms with Gasteiger partial charge < -0.3 is 4.74 Å². The minimum atomic E-state index is -0.432. The molecule has 0 aromatic heterocycles. The number of ether oxygens (including phenoxy) is 1. The third-order valence-electron chi connectivity index (χ3n) is 2.15. The molecule has 0 aliphatic carbocycles. The van der Waals surface area contributed by atoms with Crippen LogP contribution in [-0.4, -0.2) is 16.9 Å². The van der Waals surface area contributed by atoms with E-state index in [1.54, 1.807) is 12.1 Å². The standard InChI is InChI=1S/C11H13Br2NO3/c12-6-2-1-3-7-17-11-5-4-9(13)8-10(11)14(15)16/h4-5,8H,1-3,6-7H2. The summed E-state index contributed by atoms with van der Waals surface area (Å²) in [4.78, 5) is 10.4. The maximum Gasteiger partial charge on any atom is 0.312 e. The smallest absolute Gasteiger partial charge is 0.312 e. The number of benzene rings is 1. The molecular weight excluding hydrogens is 354 g/mol. The zero-order valence-corrected chi connectivity index (χ0v) is 12.4. The van der Waals surface area contributed by atoms with Crippen LogP contribution in [0.5, 0.6) is 5.75 Å². The molecule has 0 atom stereocenters. The van der Waals surface area contributed by atoms with Gasteiger partial charge in [-0.2, -0.15) is 0 Å². The fourth-order valence-electron chi connectivity index (χ4n) is 1.31. The van der Waals surface area contributed by atoms with E-state index >= 15 is 0 Å². The Balaban J connectivity index is 2.55. The normalized spacial score (nSPS) is 10.2. The van der Waals surface area contributed by atoms with Crippen molar-refractivity contribution in [3.63, 3.8) is 0 Å². The number of nitro benzene ring substituents is 1. The van der Waals surface area contributed by atoms with Crippen molar-refractivity contribution < 1.29 is 9.66 Å². The van der Waals surface area contributed by atoms with Crippen molar-refractivity contribution >= 4 is 37.5 Å². The lowest BCUT2D eigenvalue weighted by atomic mass is 10.2. The molecular formula is C11H13Br2NO3. The first-order valence-corrected chi connectivity index (χ1v) is 7.19. The van der Waals surface area contributed by atoms with E-state index in [1.807, 2.05) is 0 Å². The molecule has 94 valence electrons. The monoisotopic (exact) mass is 365 g/mol. The maximum atomic E-state index is 10.8. The Hall–Kier alpha value is -0.620. The van der Waals surface area contributed by atoms with Crippen LogP contribution in [0.4, 0.5) is 5.69 Å². The van der Waals surface area contributed by atoms with E-state index in [4.69, 9.17) is 4.74 Å². The van der Waals surface area contributed by atoms with E-state index in [0.717, 1.165) is 24.6 Å². The fourth-order valence-corrected chi connectivity index (χ4v) is 2.06. The van der Waals surface area contributed by atoms with Crippen molar-refractivity contribution in [3.8, 4) is 5.75 Å². The Bertz CT molecular complexity index is 385. The van der Waals surface area contributed by atoms with E-state index in [2.05, 4.69) is 31.9 Å². The van der Waals surface area contributed by atoms with E-state index < -0.39 is 4.92 Å². The molecule has 0 bridgehead atoms. The van der Waals surface area contributed by atoms with Gasteiger partial charge in [0.15, 0.2) is 5.75 Å². The second-order valence-corrected chi connectivity index (χ2v) is 5.18. The highest BCUT2D eigenvalue weighted by atomic mass is 79.9. The van der Waals surface area contributed by atoms with Crippen LogP contribution in [0.25, 0.3) is 0 Å². The first kappa shape index (κ1) is 14.4. The average molecular weight is 367 g/mol. The molecule has 0 aliphatic rings. The summed E-state index contributed by atoms with van der Waals surface area (Å²) in [5, 5.41) is 11.8. The SMILES string of the molecule is O=[N+]([O-])c1cc(Br)ccc1OCCCCCBr. The van der Waals surface area contributed by atoms with Crippen molar-refractivity contribution in [1.29, 1.82) is 0 Å². The van der Waals surface area contributed by atoms with E-state index in [-0.39, 0.29) is 5.69 Å². The number of halogens is 2. The van der Waals surface area contributed by atoms with Gasteiger partial charge in [-0.05, 0) is 31.4 Å². The van der Waals surface area contributed by atoms with Gasteiger partial charge in [-0.25, -0.2) is 0 Å². The molecule has 4 nitrogen and oxygen atoms in total. The molecule has 0 amide bonds. The maximum absolute atomic E-state index is 10.8. The number of hydrogen-bond donors (Lipinski definition) is 0. The molecule has 0 spiro atoms. The molecule has 0 heterocycles. The molecule has 6 heteroatoms. The van der Waals surface area contributed by atoms with E-state index in [0.29, 0.717) is 16.8 Å². The van der Waals surface area contributed by atoms with Gasteiger partial charge in [0, 0.05) is 15.9 Å². The molecule has 1 rings (SSSR count). The van der Waals surface area contributed by atoms with Gasteiger partial charge >= 0.3 is 5.69 Å². The highest BCUT2D eigenvalue weighted by Crippen LogP contribution is 2.30. The number of hydrogen-bond acceptors (Lipinski definition) is 3. The fraction of sp³-hybridized carbons (Fsp3) is 0.455. The number of unbranched alkanes of at least 4 members (excludes halogenated alkanes) is 2. The van der Waals surface area contributed by atoms with Gasteiger partial charge in [-0.1, -0.05) is 31.9 Å². The number of nitro groups is 1. The summed E-state index contributed by atoms with van der Waals surface area (Å²) in [6.45, 7) is 0.509. The second-order valence-electron chi connectivity index (χ2n) is 3.47. The van der Waals surface area contributed by atoms with Gasteiger partial charge in [-0.15, -0.1) is 0 Å². The van der Waals surface area contributed by atoms with Gasteiger partial charge in [0.2, 0.25) is 0 Å². The van der Waals surface area contributed by atoms with E-state index in [9.17, 15) is 10.1 Å². The van der Waals surface area contributed by atoms with Crippen molar-refractivity contribution in [2.75, 3.05) is 11.9 Å². The topological polar surface area (TPSA) is 52.4 Å². The summed E-state index contributed by atoms with van der Waals surface area (Å²) in [5.74, 6) is 0.331. The highest BCUT2D eigenvalue weighted by Gasteiger charge is 2.15. The Morgan fingerprint density at radius 2 is 2.06 bits per heavy atom. The van der Waals surface area contributed by atoms with Crippen LogP contribution in [0.3, 0.4) is 0 Å². The van der Waals surface area contributed by atoms with Crippen molar-refractivity contribution in [1.82, 2.24) is 0 Å². The summed E-state index contributed by atoms with van der Waals surface area (Å²) < 4.78 is 6.10. The predicted octanol–water partition coefficient (Wildman–Crippen LogP) is 4.30. The molecule has 0 N–H and O–H groups in total. The second kappa shape index (κ2) is 7.66. The van der Waals surface area contributed by atoms with Crippen LogP contribution in [-0.2, 0) is 0 Å². The quantitative estimate of drug-likeness (QED) is 0.313. The van der Waals surface area contributed by atoms with Gasteiger partial charge in [-0.3, -0.25) is 10.1 Å². The van der Waals surface area contributed by atoms with Crippen LogP contribution < -0.4 is 4.74 Å². The predicted molar refractivity (Wildman–Crippen MR) is 73.9 cm³/mol. The summed E-state index contributed by atoms with van der Waals surface area (Å²) in [5.41, 5.74) is -0.000124. The largest absolute Gasteiger partial charge is 0.487 e. The lowest BCUT2D eigenvalue weighted by Crippen LogP contribution is -2.00. The molecule has 0 saturated carbocycles. The van der Waals surface area contributed by atoms with Crippen LogP contribution in [0, 0.1) is 10.1 Å². The molecule has 0 radical (unpaired) electrons. The summed E-state index contributed by atoms with van der Waals surface area (Å²) in [6, 6.07) is 4.81. The zero-order valence-electron chi connectivity index (χ0n) is 9.20. The summed E-state index contributed by atoms with van der Waals surface area (Å²) in [6.07, 6.45) is 3.04. The lowest BCUT2D eigenvalue weighted by Gasteiger charge is -2.06. The lowest BCUT2D eigenvalue weighted by molar-refractivity contribution is -0.385. The Morgan fingerprint density at radius 1 is 1.29 bits per heavy atom. The first-order chi connectivity index (χ1) is 8.15. The first-order valence-electron chi connectivity index (χ1n) is 5.28. The average Bonchev–Trinajstić information content (AvgIpc) is 2.30. The molecule has 17 heavy (non-hydrogen) atoms. The molecule has 1 aromatic rings. The molecule has 0 aliphatic heterocycles. The van der Waals surface area contributed by atoms with Crippen LogP contribution in [0.2, 0.25) is 0 Å². The van der Waals surface area contributed by atoms with Crippen molar-refractivity contribution in [2.24, 2.45) is 0 Å².